The first kappa shape index (κ1) is 17.9. The van der Waals surface area contributed by atoms with Crippen molar-refractivity contribution in [1.29, 1.82) is 0 Å². The Hall–Kier alpha value is -1.18. The van der Waals surface area contributed by atoms with Crippen LogP contribution in [-0.2, 0) is 0 Å². The smallest absolute Gasteiger partial charge is 0.324 e. The van der Waals surface area contributed by atoms with Gasteiger partial charge in [-0.15, -0.1) is 12.4 Å². The molecular formula is C13H20ClN3O3S. The van der Waals surface area contributed by atoms with Crippen molar-refractivity contribution < 1.29 is 9.72 Å². The SMILES string of the molecule is CCCN(C(=O)c1csc([N+](=O)[O-])c1)C1CCNCC1.Cl. The van der Waals surface area contributed by atoms with Gasteiger partial charge in [-0.3, -0.25) is 14.9 Å². The van der Waals surface area contributed by atoms with E-state index in [2.05, 4.69) is 5.32 Å². The average molecular weight is 334 g/mol. The number of rotatable bonds is 5. The van der Waals surface area contributed by atoms with Crippen molar-refractivity contribution in [2.24, 2.45) is 0 Å². The lowest BCUT2D eigenvalue weighted by Crippen LogP contribution is -2.46. The predicted molar refractivity (Wildman–Crippen MR) is 85.4 cm³/mol. The van der Waals surface area contributed by atoms with Gasteiger partial charge >= 0.3 is 5.00 Å². The van der Waals surface area contributed by atoms with Gasteiger partial charge in [0.05, 0.1) is 10.5 Å². The highest BCUT2D eigenvalue weighted by molar-refractivity contribution is 7.13. The Morgan fingerprint density at radius 1 is 1.52 bits per heavy atom. The number of halogens is 1. The van der Waals surface area contributed by atoms with E-state index in [1.807, 2.05) is 11.8 Å². The van der Waals surface area contributed by atoms with E-state index in [1.54, 1.807) is 5.38 Å². The van der Waals surface area contributed by atoms with E-state index in [9.17, 15) is 14.9 Å². The van der Waals surface area contributed by atoms with Gasteiger partial charge in [0, 0.05) is 24.0 Å². The summed E-state index contributed by atoms with van der Waals surface area (Å²) < 4.78 is 0. The molecule has 2 heterocycles. The molecule has 0 bridgehead atoms. The number of nitrogens with one attached hydrogen (secondary N) is 1. The third-order valence-corrected chi connectivity index (χ3v) is 4.37. The van der Waals surface area contributed by atoms with Crippen molar-refractivity contribution in [3.05, 3.63) is 27.1 Å². The van der Waals surface area contributed by atoms with Crippen molar-refractivity contribution in [2.75, 3.05) is 19.6 Å². The van der Waals surface area contributed by atoms with E-state index in [1.165, 1.54) is 6.07 Å². The molecule has 2 rings (SSSR count). The summed E-state index contributed by atoms with van der Waals surface area (Å²) in [6.07, 6.45) is 2.78. The van der Waals surface area contributed by atoms with Crippen LogP contribution in [0.4, 0.5) is 5.00 Å². The Kier molecular flexibility index (Phi) is 7.07. The molecule has 21 heavy (non-hydrogen) atoms. The summed E-state index contributed by atoms with van der Waals surface area (Å²) in [5.41, 5.74) is 0.439. The van der Waals surface area contributed by atoms with E-state index in [4.69, 9.17) is 0 Å². The second-order valence-electron chi connectivity index (χ2n) is 4.91. The third kappa shape index (κ3) is 4.39. The largest absolute Gasteiger partial charge is 0.336 e. The van der Waals surface area contributed by atoms with Gasteiger partial charge in [-0.25, -0.2) is 0 Å². The van der Waals surface area contributed by atoms with Crippen LogP contribution < -0.4 is 5.32 Å². The minimum absolute atomic E-state index is 0. The molecule has 1 saturated heterocycles. The zero-order valence-corrected chi connectivity index (χ0v) is 13.5. The summed E-state index contributed by atoms with van der Waals surface area (Å²) in [6, 6.07) is 1.62. The van der Waals surface area contributed by atoms with Crippen LogP contribution in [-0.4, -0.2) is 41.4 Å². The van der Waals surface area contributed by atoms with E-state index < -0.39 is 4.92 Å². The molecule has 8 heteroatoms. The van der Waals surface area contributed by atoms with Crippen LogP contribution in [0.25, 0.3) is 0 Å². The van der Waals surface area contributed by atoms with E-state index >= 15 is 0 Å². The number of carbonyl (C=O) groups excluding carboxylic acids is 1. The van der Waals surface area contributed by atoms with Gasteiger partial charge < -0.3 is 10.2 Å². The molecule has 1 aliphatic rings. The van der Waals surface area contributed by atoms with Gasteiger partial charge in [-0.2, -0.15) is 0 Å². The second kappa shape index (κ2) is 8.31. The maximum atomic E-state index is 12.6. The summed E-state index contributed by atoms with van der Waals surface area (Å²) in [6.45, 7) is 4.58. The van der Waals surface area contributed by atoms with Gasteiger partial charge in [-0.1, -0.05) is 18.3 Å². The van der Waals surface area contributed by atoms with Crippen molar-refractivity contribution in [3.63, 3.8) is 0 Å². The van der Waals surface area contributed by atoms with Crippen LogP contribution in [0.1, 0.15) is 36.5 Å². The lowest BCUT2D eigenvalue weighted by Gasteiger charge is -2.34. The molecule has 118 valence electrons. The minimum Gasteiger partial charge on any atom is -0.336 e. The van der Waals surface area contributed by atoms with E-state index in [-0.39, 0.29) is 29.4 Å². The third-order valence-electron chi connectivity index (χ3n) is 3.49. The first-order chi connectivity index (χ1) is 9.63. The first-order valence-electron chi connectivity index (χ1n) is 6.88. The first-order valence-corrected chi connectivity index (χ1v) is 7.76. The molecule has 1 fully saturated rings. The fraction of sp³-hybridized carbons (Fsp3) is 0.615. The molecule has 0 radical (unpaired) electrons. The highest BCUT2D eigenvalue weighted by Gasteiger charge is 2.27. The Labute approximate surface area is 134 Å². The number of thiophene rings is 1. The summed E-state index contributed by atoms with van der Waals surface area (Å²) in [7, 11) is 0. The van der Waals surface area contributed by atoms with Crippen molar-refractivity contribution in [3.8, 4) is 0 Å². The van der Waals surface area contributed by atoms with Gasteiger partial charge in [0.2, 0.25) is 0 Å². The van der Waals surface area contributed by atoms with E-state index in [0.29, 0.717) is 12.1 Å². The van der Waals surface area contributed by atoms with Gasteiger partial charge in [-0.05, 0) is 32.4 Å². The normalized spacial score (nSPS) is 15.3. The number of amides is 1. The molecule has 0 aromatic carbocycles. The van der Waals surface area contributed by atoms with Gasteiger partial charge in [0.15, 0.2) is 0 Å². The highest BCUT2D eigenvalue weighted by atomic mass is 35.5. The molecule has 0 unspecified atom stereocenters. The van der Waals surface area contributed by atoms with Crippen LogP contribution >= 0.6 is 23.7 Å². The maximum Gasteiger partial charge on any atom is 0.324 e. The maximum absolute atomic E-state index is 12.6. The Balaban J connectivity index is 0.00000220. The van der Waals surface area contributed by atoms with E-state index in [0.717, 1.165) is 43.7 Å². The van der Waals surface area contributed by atoms with Crippen molar-refractivity contribution in [2.45, 2.75) is 32.2 Å². The summed E-state index contributed by atoms with van der Waals surface area (Å²) in [4.78, 5) is 24.7. The number of piperidine rings is 1. The van der Waals surface area contributed by atoms with Crippen LogP contribution in [0, 0.1) is 10.1 Å². The zero-order chi connectivity index (χ0) is 14.5. The Morgan fingerprint density at radius 3 is 2.71 bits per heavy atom. The molecule has 1 amide bonds. The zero-order valence-electron chi connectivity index (χ0n) is 11.9. The number of nitro groups is 1. The summed E-state index contributed by atoms with van der Waals surface area (Å²) in [5.74, 6) is -0.0805. The minimum atomic E-state index is -0.448. The van der Waals surface area contributed by atoms with Gasteiger partial charge in [0.1, 0.15) is 0 Å². The molecule has 0 aliphatic carbocycles. The quantitative estimate of drug-likeness (QED) is 0.664. The fourth-order valence-electron chi connectivity index (χ4n) is 2.51. The molecule has 0 saturated carbocycles. The molecule has 6 nitrogen and oxygen atoms in total. The molecule has 1 aromatic heterocycles. The van der Waals surface area contributed by atoms with Crippen LogP contribution in [0.3, 0.4) is 0 Å². The monoisotopic (exact) mass is 333 g/mol. The van der Waals surface area contributed by atoms with Crippen molar-refractivity contribution in [1.82, 2.24) is 10.2 Å². The molecule has 1 N–H and O–H groups in total. The Morgan fingerprint density at radius 2 is 2.19 bits per heavy atom. The second-order valence-corrected chi connectivity index (χ2v) is 5.80. The van der Waals surface area contributed by atoms with Crippen LogP contribution in [0.5, 0.6) is 0 Å². The van der Waals surface area contributed by atoms with Crippen molar-refractivity contribution >= 4 is 34.7 Å². The lowest BCUT2D eigenvalue weighted by molar-refractivity contribution is -0.380. The summed E-state index contributed by atoms with van der Waals surface area (Å²) in [5, 5.41) is 15.6. The van der Waals surface area contributed by atoms with Crippen LogP contribution in [0.2, 0.25) is 0 Å². The standard InChI is InChI=1S/C13H19N3O3S.ClH/c1-2-7-15(11-3-5-14-6-4-11)13(17)10-8-12(16(18)19)20-9-10;/h8-9,11,14H,2-7H2,1H3;1H. The average Bonchev–Trinajstić information content (AvgIpc) is 2.95. The molecule has 0 atom stereocenters. The number of carbonyl (C=O) groups is 1. The number of hydrogen-bond acceptors (Lipinski definition) is 5. The molecule has 0 spiro atoms. The molecule has 1 aromatic rings. The number of hydrogen-bond donors (Lipinski definition) is 1. The number of nitrogens with zero attached hydrogens (tertiary/aromatic N) is 2. The predicted octanol–water partition coefficient (Wildman–Crippen LogP) is 2.68. The lowest BCUT2D eigenvalue weighted by atomic mass is 10.0. The fourth-order valence-corrected chi connectivity index (χ4v) is 3.21. The summed E-state index contributed by atoms with van der Waals surface area (Å²) >= 11 is 1.01. The molecule has 1 aliphatic heterocycles. The molecular weight excluding hydrogens is 314 g/mol. The Bertz CT molecular complexity index is 489. The highest BCUT2D eigenvalue weighted by Crippen LogP contribution is 2.25. The topological polar surface area (TPSA) is 75.5 Å². The van der Waals surface area contributed by atoms with Gasteiger partial charge in [0.25, 0.3) is 5.91 Å². The van der Waals surface area contributed by atoms with Crippen LogP contribution in [0.15, 0.2) is 11.4 Å².